The number of amides is 1. The van der Waals surface area contributed by atoms with Crippen LogP contribution in [0.15, 0.2) is 67.5 Å². The Morgan fingerprint density at radius 1 is 0.978 bits per heavy atom. The minimum Gasteiger partial charge on any atom is -0.475 e. The molecule has 1 aliphatic heterocycles. The van der Waals surface area contributed by atoms with Crippen LogP contribution in [-0.4, -0.2) is 90.5 Å². The summed E-state index contributed by atoms with van der Waals surface area (Å²) in [7, 11) is 1.63. The monoisotopic (exact) mass is 614 g/mol. The summed E-state index contributed by atoms with van der Waals surface area (Å²) in [6.45, 7) is 8.31. The first-order valence-electron chi connectivity index (χ1n) is 15.2. The Balaban J connectivity index is 1.14. The van der Waals surface area contributed by atoms with Gasteiger partial charge in [0.1, 0.15) is 30.4 Å². The number of imidazole rings is 1. The van der Waals surface area contributed by atoms with Crippen molar-refractivity contribution in [3.8, 4) is 28.5 Å². The minimum absolute atomic E-state index is 0.130. The molecule has 11 heteroatoms. The number of rotatable bonds is 15. The summed E-state index contributed by atoms with van der Waals surface area (Å²) in [5.74, 6) is 1.77. The van der Waals surface area contributed by atoms with Crippen molar-refractivity contribution in [1.29, 1.82) is 0 Å². The summed E-state index contributed by atoms with van der Waals surface area (Å²) < 4.78 is 29.6. The van der Waals surface area contributed by atoms with E-state index in [1.807, 2.05) is 35.2 Å². The third kappa shape index (κ3) is 8.74. The van der Waals surface area contributed by atoms with Crippen LogP contribution < -0.4 is 9.64 Å². The molecule has 2 aromatic heterocycles. The Kier molecular flexibility index (Phi) is 11.3. The fourth-order valence-corrected chi connectivity index (χ4v) is 5.14. The SMILES string of the molecule is C=Cc1ccc(-c2nc(-c3ccc(F)cc3)[nH]c2CCCC(=O)N2CCN(c3cc(OCCOCCOC)ncn3)CC2)cc1. The van der Waals surface area contributed by atoms with Crippen LogP contribution in [0.5, 0.6) is 5.88 Å². The van der Waals surface area contributed by atoms with Crippen molar-refractivity contribution in [2.45, 2.75) is 19.3 Å². The lowest BCUT2D eigenvalue weighted by Gasteiger charge is -2.35. The van der Waals surface area contributed by atoms with Crippen LogP contribution in [-0.2, 0) is 20.7 Å². The summed E-state index contributed by atoms with van der Waals surface area (Å²) in [5, 5.41) is 0. The Morgan fingerprint density at radius 2 is 1.71 bits per heavy atom. The third-order valence-electron chi connectivity index (χ3n) is 7.63. The molecule has 45 heavy (non-hydrogen) atoms. The number of aromatic amines is 1. The Morgan fingerprint density at radius 3 is 2.44 bits per heavy atom. The predicted octanol–water partition coefficient (Wildman–Crippen LogP) is 5.03. The summed E-state index contributed by atoms with van der Waals surface area (Å²) >= 11 is 0. The molecule has 0 atom stereocenters. The van der Waals surface area contributed by atoms with Crippen LogP contribution in [0.3, 0.4) is 0 Å². The summed E-state index contributed by atoms with van der Waals surface area (Å²) in [6.07, 6.45) is 5.04. The van der Waals surface area contributed by atoms with Gasteiger partial charge < -0.3 is 29.0 Å². The second-order valence-corrected chi connectivity index (χ2v) is 10.6. The van der Waals surface area contributed by atoms with Crippen LogP contribution in [0.2, 0.25) is 0 Å². The number of carbonyl (C=O) groups excluding carboxylic acids is 1. The van der Waals surface area contributed by atoms with Gasteiger partial charge in [0.05, 0.1) is 25.5 Å². The van der Waals surface area contributed by atoms with E-state index >= 15 is 0 Å². The van der Waals surface area contributed by atoms with Gasteiger partial charge in [0.2, 0.25) is 11.8 Å². The molecule has 4 aromatic rings. The van der Waals surface area contributed by atoms with Gasteiger partial charge in [-0.3, -0.25) is 4.79 Å². The van der Waals surface area contributed by atoms with Gasteiger partial charge in [-0.05, 0) is 42.7 Å². The highest BCUT2D eigenvalue weighted by Crippen LogP contribution is 2.28. The standard InChI is InChI=1S/C34H39FN6O4/c1-3-25-7-9-26(10-8-25)33-29(38-34(39-33)27-11-13-28(35)14-12-27)5-4-6-32(42)41-17-15-40(16-18-41)30-23-31(37-24-36-30)45-22-21-44-20-19-43-2/h3,7-14,23-24H,1,4-6,15-22H2,2H3,(H,38,39). The number of nitrogens with zero attached hydrogens (tertiary/aromatic N) is 5. The average Bonchev–Trinajstić information content (AvgIpc) is 3.51. The number of hydrogen-bond donors (Lipinski definition) is 1. The molecule has 2 aromatic carbocycles. The molecule has 0 unspecified atom stereocenters. The Bertz CT molecular complexity index is 1540. The van der Waals surface area contributed by atoms with Crippen molar-refractivity contribution in [3.05, 3.63) is 84.6 Å². The molecular formula is C34H39FN6O4. The lowest BCUT2D eigenvalue weighted by atomic mass is 10.0. The fourth-order valence-electron chi connectivity index (χ4n) is 5.14. The van der Waals surface area contributed by atoms with Crippen LogP contribution in [0.25, 0.3) is 28.7 Å². The number of halogens is 1. The largest absolute Gasteiger partial charge is 0.475 e. The van der Waals surface area contributed by atoms with Crippen molar-refractivity contribution >= 4 is 17.8 Å². The van der Waals surface area contributed by atoms with Gasteiger partial charge in [-0.1, -0.05) is 36.9 Å². The normalized spacial score (nSPS) is 13.2. The first kappa shape index (κ1) is 31.8. The number of methoxy groups -OCH3 is 1. The lowest BCUT2D eigenvalue weighted by molar-refractivity contribution is -0.131. The fraction of sp³-hybridized carbons (Fsp3) is 0.353. The first-order chi connectivity index (χ1) is 22.0. The van der Waals surface area contributed by atoms with Gasteiger partial charge in [0.25, 0.3) is 0 Å². The molecule has 1 aliphatic rings. The topological polar surface area (TPSA) is 106 Å². The molecule has 1 saturated heterocycles. The summed E-state index contributed by atoms with van der Waals surface area (Å²) in [5.41, 5.74) is 4.57. The summed E-state index contributed by atoms with van der Waals surface area (Å²) in [4.78, 5) is 34.1. The van der Waals surface area contributed by atoms with Crippen molar-refractivity contribution in [2.24, 2.45) is 0 Å². The number of hydrogen-bond acceptors (Lipinski definition) is 8. The number of anilines is 1. The van der Waals surface area contributed by atoms with Crippen molar-refractivity contribution < 1.29 is 23.4 Å². The molecule has 1 fully saturated rings. The zero-order valence-corrected chi connectivity index (χ0v) is 25.6. The van der Waals surface area contributed by atoms with E-state index in [4.69, 9.17) is 19.2 Å². The maximum absolute atomic E-state index is 13.5. The second-order valence-electron chi connectivity index (χ2n) is 10.6. The van der Waals surface area contributed by atoms with Crippen LogP contribution >= 0.6 is 0 Å². The van der Waals surface area contributed by atoms with Crippen LogP contribution in [0.1, 0.15) is 24.1 Å². The predicted molar refractivity (Wildman–Crippen MR) is 171 cm³/mol. The van der Waals surface area contributed by atoms with Crippen molar-refractivity contribution in [2.75, 3.05) is 64.6 Å². The number of nitrogens with one attached hydrogen (secondary N) is 1. The van der Waals surface area contributed by atoms with E-state index in [0.29, 0.717) is 83.6 Å². The van der Waals surface area contributed by atoms with Gasteiger partial charge in [-0.15, -0.1) is 0 Å². The zero-order chi connectivity index (χ0) is 31.4. The third-order valence-corrected chi connectivity index (χ3v) is 7.63. The Labute approximate surface area is 262 Å². The van der Waals surface area contributed by atoms with E-state index < -0.39 is 0 Å². The van der Waals surface area contributed by atoms with E-state index in [1.165, 1.54) is 18.5 Å². The smallest absolute Gasteiger partial charge is 0.222 e. The molecule has 10 nitrogen and oxygen atoms in total. The maximum atomic E-state index is 13.5. The van der Waals surface area contributed by atoms with Crippen molar-refractivity contribution in [3.63, 3.8) is 0 Å². The van der Waals surface area contributed by atoms with Crippen LogP contribution in [0, 0.1) is 5.82 Å². The second kappa shape index (κ2) is 15.9. The first-order valence-corrected chi connectivity index (χ1v) is 15.2. The van der Waals surface area contributed by atoms with Crippen LogP contribution in [0.4, 0.5) is 10.2 Å². The molecule has 0 saturated carbocycles. The van der Waals surface area contributed by atoms with Gasteiger partial charge in [-0.25, -0.2) is 19.3 Å². The number of aromatic nitrogens is 4. The number of H-pyrrole nitrogens is 1. The zero-order valence-electron chi connectivity index (χ0n) is 25.6. The van der Waals surface area contributed by atoms with E-state index in [1.54, 1.807) is 25.3 Å². The number of ether oxygens (including phenoxy) is 3. The van der Waals surface area contributed by atoms with Gasteiger partial charge in [0.15, 0.2) is 0 Å². The van der Waals surface area contributed by atoms with Gasteiger partial charge >= 0.3 is 0 Å². The van der Waals surface area contributed by atoms with E-state index in [2.05, 4.69) is 26.4 Å². The molecular weight excluding hydrogens is 575 g/mol. The molecule has 0 bridgehead atoms. The highest BCUT2D eigenvalue weighted by atomic mass is 19.1. The van der Waals surface area contributed by atoms with Gasteiger partial charge in [0, 0.05) is 62.6 Å². The summed E-state index contributed by atoms with van der Waals surface area (Å²) in [6, 6.07) is 16.1. The maximum Gasteiger partial charge on any atom is 0.222 e. The number of carbonyl (C=O) groups is 1. The van der Waals surface area contributed by atoms with E-state index in [9.17, 15) is 9.18 Å². The molecule has 0 radical (unpaired) electrons. The molecule has 5 rings (SSSR count). The average molecular weight is 615 g/mol. The van der Waals surface area contributed by atoms with Crippen molar-refractivity contribution in [1.82, 2.24) is 24.8 Å². The molecule has 3 heterocycles. The number of benzene rings is 2. The highest BCUT2D eigenvalue weighted by Gasteiger charge is 2.23. The Hall–Kier alpha value is -4.61. The van der Waals surface area contributed by atoms with E-state index in [-0.39, 0.29) is 11.7 Å². The minimum atomic E-state index is -0.295. The molecule has 1 amide bonds. The molecule has 0 spiro atoms. The molecule has 0 aliphatic carbocycles. The number of piperazine rings is 1. The van der Waals surface area contributed by atoms with E-state index in [0.717, 1.165) is 33.9 Å². The molecule has 1 N–H and O–H groups in total. The molecule has 236 valence electrons. The number of aryl methyl sites for hydroxylation is 1. The highest BCUT2D eigenvalue weighted by molar-refractivity contribution is 5.76. The van der Waals surface area contributed by atoms with Gasteiger partial charge in [-0.2, -0.15) is 0 Å². The quantitative estimate of drug-likeness (QED) is 0.186. The lowest BCUT2D eigenvalue weighted by Crippen LogP contribution is -2.49.